The Balaban J connectivity index is 1.89. The van der Waals surface area contributed by atoms with E-state index in [2.05, 4.69) is 10.6 Å². The summed E-state index contributed by atoms with van der Waals surface area (Å²) in [4.78, 5) is 37.5. The summed E-state index contributed by atoms with van der Waals surface area (Å²) in [5.74, 6) is -0.659. The van der Waals surface area contributed by atoms with E-state index in [1.807, 2.05) is 24.3 Å². The van der Waals surface area contributed by atoms with Crippen LogP contribution < -0.4 is 10.6 Å². The number of carbonyl (C=O) groups is 3. The van der Waals surface area contributed by atoms with Crippen LogP contribution in [0, 0.1) is 0 Å². The maximum atomic E-state index is 12.7. The Morgan fingerprint density at radius 1 is 1.38 bits per heavy atom. The number of hydrogen-bond donors (Lipinski definition) is 2. The van der Waals surface area contributed by atoms with Gasteiger partial charge in [-0.2, -0.15) is 0 Å². The van der Waals surface area contributed by atoms with E-state index in [4.69, 9.17) is 0 Å². The molecule has 1 aromatic carbocycles. The zero-order valence-corrected chi connectivity index (χ0v) is 11.8. The average molecular weight is 287 g/mol. The maximum Gasteiger partial charge on any atom is 0.325 e. The maximum absolute atomic E-state index is 12.7. The predicted molar refractivity (Wildman–Crippen MR) is 75.4 cm³/mol. The van der Waals surface area contributed by atoms with Gasteiger partial charge >= 0.3 is 6.03 Å². The molecule has 6 heteroatoms. The second kappa shape index (κ2) is 4.87. The van der Waals surface area contributed by atoms with Gasteiger partial charge in [0, 0.05) is 6.54 Å². The van der Waals surface area contributed by atoms with Gasteiger partial charge in [0.15, 0.2) is 0 Å². The number of carbonyl (C=O) groups excluding carboxylic acids is 3. The number of fused-ring (bicyclic) bond motifs is 2. The minimum atomic E-state index is -0.986. The van der Waals surface area contributed by atoms with Gasteiger partial charge in [-0.25, -0.2) is 4.79 Å². The van der Waals surface area contributed by atoms with Crippen LogP contribution in [-0.4, -0.2) is 35.8 Å². The quantitative estimate of drug-likeness (QED) is 0.795. The van der Waals surface area contributed by atoms with Crippen molar-refractivity contribution in [1.82, 2.24) is 15.5 Å². The van der Waals surface area contributed by atoms with Gasteiger partial charge in [0.2, 0.25) is 5.91 Å². The number of aryl methyl sites for hydroxylation is 1. The number of amides is 4. The van der Waals surface area contributed by atoms with E-state index in [9.17, 15) is 14.4 Å². The number of nitrogens with one attached hydrogen (secondary N) is 2. The molecule has 4 amide bonds. The molecule has 2 N–H and O–H groups in total. The molecule has 110 valence electrons. The summed E-state index contributed by atoms with van der Waals surface area (Å²) < 4.78 is 0. The Hall–Kier alpha value is -2.37. The highest BCUT2D eigenvalue weighted by Crippen LogP contribution is 2.41. The molecule has 1 aliphatic heterocycles. The van der Waals surface area contributed by atoms with Crippen LogP contribution in [0.15, 0.2) is 24.3 Å². The van der Waals surface area contributed by atoms with Gasteiger partial charge in [-0.3, -0.25) is 14.5 Å². The molecule has 1 saturated heterocycles. The first-order valence-electron chi connectivity index (χ1n) is 7.07. The van der Waals surface area contributed by atoms with Crippen molar-refractivity contribution in [3.8, 4) is 0 Å². The molecule has 1 aliphatic carbocycles. The van der Waals surface area contributed by atoms with Crippen LogP contribution in [0.5, 0.6) is 0 Å². The van der Waals surface area contributed by atoms with Gasteiger partial charge in [-0.15, -0.1) is 0 Å². The van der Waals surface area contributed by atoms with E-state index in [1.54, 1.807) is 6.92 Å². The monoisotopic (exact) mass is 287 g/mol. The number of benzene rings is 1. The highest BCUT2D eigenvalue weighted by molar-refractivity contribution is 6.09. The third-order valence-corrected chi connectivity index (χ3v) is 4.10. The topological polar surface area (TPSA) is 78.5 Å². The van der Waals surface area contributed by atoms with Crippen molar-refractivity contribution in [3.05, 3.63) is 35.4 Å². The Morgan fingerprint density at radius 2 is 2.14 bits per heavy atom. The number of nitrogens with zero attached hydrogens (tertiary/aromatic N) is 1. The Labute approximate surface area is 122 Å². The molecule has 6 nitrogen and oxygen atoms in total. The van der Waals surface area contributed by atoms with Crippen LogP contribution in [0.3, 0.4) is 0 Å². The summed E-state index contributed by atoms with van der Waals surface area (Å²) in [5.41, 5.74) is 0.938. The summed E-state index contributed by atoms with van der Waals surface area (Å²) in [5, 5.41) is 5.39. The van der Waals surface area contributed by atoms with Gasteiger partial charge in [0.25, 0.3) is 5.91 Å². The molecule has 0 aromatic heterocycles. The van der Waals surface area contributed by atoms with Crippen molar-refractivity contribution in [3.63, 3.8) is 0 Å². The van der Waals surface area contributed by atoms with Crippen molar-refractivity contribution in [2.75, 3.05) is 13.1 Å². The molecule has 21 heavy (non-hydrogen) atoms. The minimum absolute atomic E-state index is 0.234. The molecule has 3 rings (SSSR count). The van der Waals surface area contributed by atoms with E-state index in [0.717, 1.165) is 22.4 Å². The summed E-state index contributed by atoms with van der Waals surface area (Å²) in [6.07, 6.45) is 1.29. The van der Waals surface area contributed by atoms with Gasteiger partial charge in [0.05, 0.1) is 0 Å². The number of likely N-dealkylation sites (N-methyl/N-ethyl adjacent to an activating group) is 1. The summed E-state index contributed by atoms with van der Waals surface area (Å²) in [7, 11) is 0. The number of hydrogen-bond acceptors (Lipinski definition) is 3. The lowest BCUT2D eigenvalue weighted by atomic mass is 9.92. The summed E-state index contributed by atoms with van der Waals surface area (Å²) in [6, 6.07) is 7.12. The molecule has 1 spiro atoms. The largest absolute Gasteiger partial charge is 0.355 e. The summed E-state index contributed by atoms with van der Waals surface area (Å²) in [6.45, 7) is 2.03. The van der Waals surface area contributed by atoms with Crippen molar-refractivity contribution in [1.29, 1.82) is 0 Å². The Bertz CT molecular complexity index is 628. The lowest BCUT2D eigenvalue weighted by molar-refractivity contribution is -0.135. The highest BCUT2D eigenvalue weighted by atomic mass is 16.2. The first-order valence-corrected chi connectivity index (χ1v) is 7.07. The van der Waals surface area contributed by atoms with E-state index < -0.39 is 11.6 Å². The van der Waals surface area contributed by atoms with Crippen LogP contribution in [0.2, 0.25) is 0 Å². The Kier molecular flexibility index (Phi) is 3.16. The number of imide groups is 1. The first-order chi connectivity index (χ1) is 10.1. The lowest BCUT2D eigenvalue weighted by Gasteiger charge is -2.22. The molecular weight excluding hydrogens is 270 g/mol. The van der Waals surface area contributed by atoms with Crippen molar-refractivity contribution in [2.45, 2.75) is 25.3 Å². The van der Waals surface area contributed by atoms with Gasteiger partial charge < -0.3 is 10.6 Å². The van der Waals surface area contributed by atoms with Gasteiger partial charge in [-0.05, 0) is 30.9 Å². The van der Waals surface area contributed by atoms with Crippen molar-refractivity contribution in [2.24, 2.45) is 0 Å². The number of urea groups is 1. The Morgan fingerprint density at radius 3 is 2.90 bits per heavy atom. The normalized spacial score (nSPS) is 23.4. The zero-order chi connectivity index (χ0) is 15.0. The van der Waals surface area contributed by atoms with E-state index in [1.165, 1.54) is 0 Å². The number of rotatable bonds is 3. The molecule has 1 heterocycles. The zero-order valence-electron chi connectivity index (χ0n) is 11.8. The third-order valence-electron chi connectivity index (χ3n) is 4.10. The molecule has 0 unspecified atom stereocenters. The van der Waals surface area contributed by atoms with Gasteiger partial charge in [0.1, 0.15) is 12.1 Å². The van der Waals surface area contributed by atoms with E-state index >= 15 is 0 Å². The molecule has 2 aliphatic rings. The van der Waals surface area contributed by atoms with E-state index in [-0.39, 0.29) is 18.4 Å². The van der Waals surface area contributed by atoms with Crippen LogP contribution in [-0.2, 0) is 21.5 Å². The molecule has 1 aromatic rings. The fraction of sp³-hybridized carbons (Fsp3) is 0.400. The van der Waals surface area contributed by atoms with Crippen LogP contribution in [0.1, 0.15) is 24.5 Å². The smallest absolute Gasteiger partial charge is 0.325 e. The molecule has 0 radical (unpaired) electrons. The standard InChI is InChI=1S/C15H17N3O3/c1-2-16-12(19)9-18-13(20)15(17-14(18)21)8-7-10-5-3-4-6-11(10)15/h3-6H,2,7-9H2,1H3,(H,16,19)(H,17,21)/t15-/m0/s1. The SMILES string of the molecule is CCNC(=O)CN1C(=O)N[C@]2(CCc3ccccc32)C1=O. The second-order valence-corrected chi connectivity index (χ2v) is 5.34. The fourth-order valence-corrected chi connectivity index (χ4v) is 3.13. The fourth-order valence-electron chi connectivity index (χ4n) is 3.13. The molecule has 0 saturated carbocycles. The molecule has 1 fully saturated rings. The second-order valence-electron chi connectivity index (χ2n) is 5.34. The molecule has 0 bridgehead atoms. The predicted octanol–water partition coefficient (Wildman–Crippen LogP) is 0.516. The van der Waals surface area contributed by atoms with Crippen LogP contribution >= 0.6 is 0 Å². The van der Waals surface area contributed by atoms with Crippen molar-refractivity contribution >= 4 is 17.8 Å². The summed E-state index contributed by atoms with van der Waals surface area (Å²) >= 11 is 0. The van der Waals surface area contributed by atoms with Crippen LogP contribution in [0.25, 0.3) is 0 Å². The average Bonchev–Trinajstić information content (AvgIpc) is 2.94. The van der Waals surface area contributed by atoms with E-state index in [0.29, 0.717) is 13.0 Å². The molecular formula is C15H17N3O3. The minimum Gasteiger partial charge on any atom is -0.355 e. The van der Waals surface area contributed by atoms with Gasteiger partial charge in [-0.1, -0.05) is 24.3 Å². The lowest BCUT2D eigenvalue weighted by Crippen LogP contribution is -2.43. The first kappa shape index (κ1) is 13.6. The van der Waals surface area contributed by atoms with Crippen LogP contribution in [0.4, 0.5) is 4.79 Å². The third kappa shape index (κ3) is 1.98. The highest BCUT2D eigenvalue weighted by Gasteiger charge is 2.55. The van der Waals surface area contributed by atoms with Crippen molar-refractivity contribution < 1.29 is 14.4 Å². The molecule has 1 atom stereocenters.